The summed E-state index contributed by atoms with van der Waals surface area (Å²) in [6.07, 6.45) is 8.31. The van der Waals surface area contributed by atoms with Crippen molar-refractivity contribution in [3.8, 4) is 11.8 Å². The third kappa shape index (κ3) is 7.17. The topological polar surface area (TPSA) is 118 Å². The number of fused-ring (bicyclic) bond motifs is 1. The third-order valence-corrected chi connectivity index (χ3v) is 6.05. The summed E-state index contributed by atoms with van der Waals surface area (Å²) in [5, 5.41) is 6.64. The maximum atomic E-state index is 12.8. The average Bonchev–Trinajstić information content (AvgIpc) is 2.97. The number of aromatic nitrogens is 5. The highest BCUT2D eigenvalue weighted by Gasteiger charge is 2.11. The van der Waals surface area contributed by atoms with Crippen LogP contribution in [-0.2, 0) is 13.1 Å². The molecule has 0 unspecified atom stereocenters. The molecular weight excluding hydrogens is 516 g/mol. The fourth-order valence-corrected chi connectivity index (χ4v) is 4.13. The molecule has 0 atom stereocenters. The Morgan fingerprint density at radius 2 is 1.85 bits per heavy atom. The van der Waals surface area contributed by atoms with E-state index in [1.165, 1.54) is 16.2 Å². The smallest absolute Gasteiger partial charge is 0.263 e. The summed E-state index contributed by atoms with van der Waals surface area (Å²) < 4.78 is 1.48. The Balaban J connectivity index is 1.19. The van der Waals surface area contributed by atoms with Gasteiger partial charge in [-0.05, 0) is 61.6 Å². The molecule has 1 aromatic carbocycles. The van der Waals surface area contributed by atoms with Crippen LogP contribution in [0.2, 0.25) is 0 Å². The number of rotatable bonds is 8. The van der Waals surface area contributed by atoms with E-state index in [4.69, 9.17) is 0 Å². The second-order valence-corrected chi connectivity index (χ2v) is 9.59. The van der Waals surface area contributed by atoms with Crippen LogP contribution >= 0.6 is 0 Å². The van der Waals surface area contributed by atoms with E-state index in [2.05, 4.69) is 59.4 Å². The highest BCUT2D eigenvalue weighted by atomic mass is 16.2. The van der Waals surface area contributed by atoms with Gasteiger partial charge in [0, 0.05) is 54.2 Å². The monoisotopic (exact) mass is 544 g/mol. The lowest BCUT2D eigenvalue weighted by atomic mass is 10.2. The predicted octanol–water partition coefficient (Wildman–Crippen LogP) is 3.22. The number of amides is 1. The summed E-state index contributed by atoms with van der Waals surface area (Å²) in [6, 6.07) is 16.8. The number of nitrogens with one attached hydrogen (secondary N) is 2. The molecule has 2 N–H and O–H groups in total. The van der Waals surface area contributed by atoms with E-state index in [0.717, 1.165) is 23.2 Å². The van der Waals surface area contributed by atoms with Crippen LogP contribution in [0, 0.1) is 11.8 Å². The summed E-state index contributed by atoms with van der Waals surface area (Å²) in [7, 11) is 4.07. The molecule has 0 bridgehead atoms. The molecular formula is C31H28N8O2. The number of hydrogen-bond donors (Lipinski definition) is 2. The Hall–Kier alpha value is -5.40. The minimum atomic E-state index is -0.484. The minimum absolute atomic E-state index is 0.0524. The van der Waals surface area contributed by atoms with E-state index < -0.39 is 5.91 Å². The van der Waals surface area contributed by atoms with E-state index in [1.807, 2.05) is 38.4 Å². The van der Waals surface area contributed by atoms with Gasteiger partial charge >= 0.3 is 0 Å². The molecule has 0 spiro atoms. The van der Waals surface area contributed by atoms with Gasteiger partial charge in [0.15, 0.2) is 5.65 Å². The van der Waals surface area contributed by atoms with Gasteiger partial charge in [-0.2, -0.15) is 4.98 Å². The van der Waals surface area contributed by atoms with Gasteiger partial charge < -0.3 is 20.1 Å². The van der Waals surface area contributed by atoms with Crippen molar-refractivity contribution in [1.29, 1.82) is 0 Å². The molecule has 0 aliphatic carbocycles. The van der Waals surface area contributed by atoms with Gasteiger partial charge in [0.25, 0.3) is 11.5 Å². The van der Waals surface area contributed by atoms with E-state index in [9.17, 15) is 9.59 Å². The first-order chi connectivity index (χ1) is 19.9. The Kier molecular flexibility index (Phi) is 8.38. The molecule has 4 heterocycles. The number of carbonyl (C=O) groups excluding carboxylic acids is 1. The number of benzene rings is 1. The summed E-state index contributed by atoms with van der Waals surface area (Å²) in [5.74, 6) is 5.86. The first-order valence-corrected chi connectivity index (χ1v) is 12.9. The quantitative estimate of drug-likeness (QED) is 0.286. The summed E-state index contributed by atoms with van der Waals surface area (Å²) in [4.78, 5) is 44.9. The van der Waals surface area contributed by atoms with Crippen LogP contribution in [0.25, 0.3) is 11.0 Å². The lowest BCUT2D eigenvalue weighted by molar-refractivity contribution is 0.0956. The minimum Gasteiger partial charge on any atom is -0.341 e. The van der Waals surface area contributed by atoms with Gasteiger partial charge in [0.05, 0.1) is 13.1 Å². The Labute approximate surface area is 237 Å². The molecule has 0 saturated heterocycles. The van der Waals surface area contributed by atoms with Crippen LogP contribution in [0.3, 0.4) is 0 Å². The molecule has 41 heavy (non-hydrogen) atoms. The molecule has 0 fully saturated rings. The zero-order chi connectivity index (χ0) is 28.6. The number of hydrogen-bond acceptors (Lipinski definition) is 8. The Morgan fingerprint density at radius 1 is 1.00 bits per heavy atom. The van der Waals surface area contributed by atoms with Crippen molar-refractivity contribution < 1.29 is 4.79 Å². The summed E-state index contributed by atoms with van der Waals surface area (Å²) >= 11 is 0. The molecule has 0 radical (unpaired) electrons. The molecule has 0 aliphatic rings. The third-order valence-electron chi connectivity index (χ3n) is 6.05. The van der Waals surface area contributed by atoms with Gasteiger partial charge in [0.1, 0.15) is 5.56 Å². The fourth-order valence-electron chi connectivity index (χ4n) is 4.13. The normalized spacial score (nSPS) is 10.7. The number of carbonyl (C=O) groups is 1. The number of nitrogens with zero attached hydrogens (tertiary/aromatic N) is 6. The summed E-state index contributed by atoms with van der Waals surface area (Å²) in [5.41, 5.74) is 3.84. The molecule has 10 heteroatoms. The average molecular weight is 545 g/mol. The Bertz CT molecular complexity index is 1790. The van der Waals surface area contributed by atoms with Gasteiger partial charge in [-0.3, -0.25) is 14.6 Å². The molecule has 0 saturated carbocycles. The lowest BCUT2D eigenvalue weighted by Crippen LogP contribution is -2.33. The number of anilines is 2. The van der Waals surface area contributed by atoms with Gasteiger partial charge in [-0.15, -0.1) is 0 Å². The zero-order valence-corrected chi connectivity index (χ0v) is 22.7. The van der Waals surface area contributed by atoms with E-state index >= 15 is 0 Å². The van der Waals surface area contributed by atoms with Crippen LogP contribution in [0.1, 0.15) is 27.0 Å². The second kappa shape index (κ2) is 12.6. The molecule has 10 nitrogen and oxygen atoms in total. The van der Waals surface area contributed by atoms with Crippen LogP contribution in [0.4, 0.5) is 11.6 Å². The van der Waals surface area contributed by atoms with Crippen LogP contribution in [0.5, 0.6) is 0 Å². The maximum Gasteiger partial charge on any atom is 0.263 e. The highest BCUT2D eigenvalue weighted by molar-refractivity contribution is 5.93. The number of pyridine rings is 3. The largest absolute Gasteiger partial charge is 0.341 e. The molecule has 204 valence electrons. The molecule has 5 rings (SSSR count). The summed E-state index contributed by atoms with van der Waals surface area (Å²) in [6.45, 7) is 1.27. The maximum absolute atomic E-state index is 12.8. The SMILES string of the molecule is CN(C)Cc1ccc(Nc2ncc3cc(C#CCNC(=O)c4cccn(Cc5cccnc5)c4=O)cnc3n2)cc1. The van der Waals surface area contributed by atoms with E-state index in [0.29, 0.717) is 23.7 Å². The molecule has 4 aromatic heterocycles. The first-order valence-electron chi connectivity index (χ1n) is 12.9. The van der Waals surface area contributed by atoms with Crippen LogP contribution in [-0.4, -0.2) is 56.0 Å². The van der Waals surface area contributed by atoms with Crippen molar-refractivity contribution >= 4 is 28.6 Å². The molecule has 0 aliphatic heterocycles. The lowest BCUT2D eigenvalue weighted by Gasteiger charge is -2.10. The molecule has 1 amide bonds. The van der Waals surface area contributed by atoms with Crippen LogP contribution < -0.4 is 16.2 Å². The zero-order valence-electron chi connectivity index (χ0n) is 22.7. The van der Waals surface area contributed by atoms with Crippen molar-refractivity contribution in [2.75, 3.05) is 26.0 Å². The molecule has 5 aromatic rings. The van der Waals surface area contributed by atoms with Crippen molar-refractivity contribution in [2.45, 2.75) is 13.1 Å². The Morgan fingerprint density at radius 3 is 2.63 bits per heavy atom. The van der Waals surface area contributed by atoms with E-state index in [1.54, 1.807) is 43.1 Å². The standard InChI is InChI=1S/C31H28N8O2/c1-38(2)20-22-9-11-26(12-10-22)36-31-35-19-25-16-23(18-34-28(25)37-31)6-4-14-33-29(40)27-8-5-15-39(30(27)41)21-24-7-3-13-32-17-24/h3,5,7-13,15-19H,14,20-21H2,1-2H3,(H,33,40)(H,34,35,36,37). The van der Waals surface area contributed by atoms with Gasteiger partial charge in [0.2, 0.25) is 5.95 Å². The van der Waals surface area contributed by atoms with Gasteiger partial charge in [-0.1, -0.05) is 30.0 Å². The fraction of sp³-hybridized carbons (Fsp3) is 0.161. The van der Waals surface area contributed by atoms with Gasteiger partial charge in [-0.25, -0.2) is 9.97 Å². The van der Waals surface area contributed by atoms with E-state index in [-0.39, 0.29) is 17.7 Å². The van der Waals surface area contributed by atoms with Crippen molar-refractivity contribution in [3.05, 3.63) is 118 Å². The van der Waals surface area contributed by atoms with Crippen LogP contribution in [0.15, 0.2) is 90.4 Å². The predicted molar refractivity (Wildman–Crippen MR) is 158 cm³/mol. The second-order valence-electron chi connectivity index (χ2n) is 9.59. The van der Waals surface area contributed by atoms with Crippen molar-refractivity contribution in [3.63, 3.8) is 0 Å². The van der Waals surface area contributed by atoms with Crippen molar-refractivity contribution in [1.82, 2.24) is 34.7 Å². The first kappa shape index (κ1) is 27.2. The highest BCUT2D eigenvalue weighted by Crippen LogP contribution is 2.17. The van der Waals surface area contributed by atoms with Crippen molar-refractivity contribution in [2.24, 2.45) is 0 Å².